The van der Waals surface area contributed by atoms with E-state index in [1.807, 2.05) is 0 Å². The second-order valence-corrected chi connectivity index (χ2v) is 10.1. The van der Waals surface area contributed by atoms with Gasteiger partial charge in [0.05, 0.1) is 12.7 Å². The zero-order valence-corrected chi connectivity index (χ0v) is 20.5. The van der Waals surface area contributed by atoms with Crippen molar-refractivity contribution in [2.24, 2.45) is 11.8 Å². The highest BCUT2D eigenvalue weighted by Crippen LogP contribution is 2.32. The molecule has 3 aliphatic rings. The van der Waals surface area contributed by atoms with Gasteiger partial charge in [0, 0.05) is 6.20 Å². The minimum Gasteiger partial charge on any atom is -0.465 e. The molecule has 4 amide bonds. The van der Waals surface area contributed by atoms with Gasteiger partial charge >= 0.3 is 12.0 Å². The summed E-state index contributed by atoms with van der Waals surface area (Å²) in [5, 5.41) is 5.61. The van der Waals surface area contributed by atoms with Gasteiger partial charge in [-0.15, -0.1) is 0 Å². The lowest BCUT2D eigenvalue weighted by Crippen LogP contribution is -2.49. The second-order valence-electron chi connectivity index (χ2n) is 10.1. The molecule has 9 nitrogen and oxygen atoms in total. The normalized spacial score (nSPS) is 22.5. The number of aromatic nitrogens is 1. The molecule has 1 aromatic rings. The number of urea groups is 1. The first kappa shape index (κ1) is 25.1. The average molecular weight is 485 g/mol. The molecular weight excluding hydrogens is 448 g/mol. The lowest BCUT2D eigenvalue weighted by atomic mass is 9.83. The van der Waals surface area contributed by atoms with Gasteiger partial charge in [-0.25, -0.2) is 19.5 Å². The maximum Gasteiger partial charge on any atom is 0.339 e. The van der Waals surface area contributed by atoms with E-state index in [-0.39, 0.29) is 23.2 Å². The van der Waals surface area contributed by atoms with Gasteiger partial charge in [0.25, 0.3) is 5.91 Å². The van der Waals surface area contributed by atoms with Gasteiger partial charge in [0.2, 0.25) is 5.91 Å². The van der Waals surface area contributed by atoms with E-state index in [9.17, 15) is 19.2 Å². The van der Waals surface area contributed by atoms with Crippen LogP contribution in [-0.2, 0) is 14.3 Å². The van der Waals surface area contributed by atoms with Crippen molar-refractivity contribution in [3.8, 4) is 0 Å². The van der Waals surface area contributed by atoms with Gasteiger partial charge in [0.1, 0.15) is 17.9 Å². The number of hydrogen-bond donors (Lipinski definition) is 2. The summed E-state index contributed by atoms with van der Waals surface area (Å²) in [5.74, 6) is -0.287. The Morgan fingerprint density at radius 1 is 1.06 bits per heavy atom. The number of rotatable bonds is 8. The molecule has 0 spiro atoms. The number of esters is 1. The Labute approximate surface area is 206 Å². The molecule has 2 atom stereocenters. The van der Waals surface area contributed by atoms with Crippen LogP contribution in [0.15, 0.2) is 18.3 Å². The molecule has 1 unspecified atom stereocenters. The third-order valence-corrected chi connectivity index (χ3v) is 7.68. The number of pyridine rings is 1. The molecule has 2 aliphatic carbocycles. The first-order chi connectivity index (χ1) is 17.0. The molecule has 2 saturated carbocycles. The topological polar surface area (TPSA) is 118 Å². The van der Waals surface area contributed by atoms with Crippen molar-refractivity contribution in [3.05, 3.63) is 23.9 Å². The Kier molecular flexibility index (Phi) is 8.36. The predicted molar refractivity (Wildman–Crippen MR) is 130 cm³/mol. The number of methoxy groups -OCH3 is 1. The van der Waals surface area contributed by atoms with Gasteiger partial charge in [0.15, 0.2) is 0 Å². The van der Waals surface area contributed by atoms with Crippen LogP contribution in [0, 0.1) is 11.8 Å². The van der Waals surface area contributed by atoms with Crippen molar-refractivity contribution in [2.45, 2.75) is 89.1 Å². The molecule has 35 heavy (non-hydrogen) atoms. The van der Waals surface area contributed by atoms with Crippen molar-refractivity contribution in [2.75, 3.05) is 12.4 Å². The van der Waals surface area contributed by atoms with E-state index >= 15 is 0 Å². The summed E-state index contributed by atoms with van der Waals surface area (Å²) in [5.41, 5.74) is 0.268. The molecule has 0 bridgehead atoms. The van der Waals surface area contributed by atoms with Crippen molar-refractivity contribution in [3.63, 3.8) is 0 Å². The first-order valence-corrected chi connectivity index (χ1v) is 12.9. The van der Waals surface area contributed by atoms with Gasteiger partial charge in [-0.05, 0) is 36.8 Å². The highest BCUT2D eigenvalue weighted by atomic mass is 16.5. The van der Waals surface area contributed by atoms with Gasteiger partial charge < -0.3 is 15.4 Å². The summed E-state index contributed by atoms with van der Waals surface area (Å²) in [7, 11) is 1.29. The van der Waals surface area contributed by atoms with E-state index in [0.717, 1.165) is 56.3 Å². The van der Waals surface area contributed by atoms with Crippen LogP contribution in [0.25, 0.3) is 0 Å². The number of hydrogen-bond acceptors (Lipinski definition) is 6. The van der Waals surface area contributed by atoms with Crippen LogP contribution in [0.4, 0.5) is 10.6 Å². The molecule has 2 heterocycles. The molecule has 2 N–H and O–H groups in total. The number of nitrogens with zero attached hydrogens (tertiary/aromatic N) is 2. The SMILES string of the molecule is COC(=O)c1ccc(NC(=O)[C@H](CC2CCCCC2)N2C(=O)NC(CC3CCCCC3)C2=O)nc1. The molecular formula is C26H36N4O5. The Morgan fingerprint density at radius 3 is 2.31 bits per heavy atom. The molecule has 4 rings (SSSR count). The quantitative estimate of drug-likeness (QED) is 0.425. The fourth-order valence-corrected chi connectivity index (χ4v) is 5.74. The molecule has 1 saturated heterocycles. The minimum absolute atomic E-state index is 0.252. The predicted octanol–water partition coefficient (Wildman–Crippen LogP) is 4.04. The van der Waals surface area contributed by atoms with E-state index in [1.54, 1.807) is 0 Å². The molecule has 3 fully saturated rings. The summed E-state index contributed by atoms with van der Waals surface area (Å²) in [6.45, 7) is 0. The molecule has 1 aromatic heterocycles. The van der Waals surface area contributed by atoms with E-state index in [1.165, 1.54) is 38.3 Å². The highest BCUT2D eigenvalue weighted by molar-refractivity contribution is 6.09. The number of anilines is 1. The van der Waals surface area contributed by atoms with Gasteiger partial charge in [-0.2, -0.15) is 0 Å². The monoisotopic (exact) mass is 484 g/mol. The third kappa shape index (κ3) is 6.18. The smallest absolute Gasteiger partial charge is 0.339 e. The fourth-order valence-electron chi connectivity index (χ4n) is 5.74. The van der Waals surface area contributed by atoms with Crippen molar-refractivity contribution in [1.29, 1.82) is 0 Å². The summed E-state index contributed by atoms with van der Waals surface area (Å²) < 4.78 is 4.68. The maximum absolute atomic E-state index is 13.4. The fraction of sp³-hybridized carbons (Fsp3) is 0.654. The Bertz CT molecular complexity index is 922. The van der Waals surface area contributed by atoms with Crippen LogP contribution in [0.3, 0.4) is 0 Å². The summed E-state index contributed by atoms with van der Waals surface area (Å²) >= 11 is 0. The summed E-state index contributed by atoms with van der Waals surface area (Å²) in [4.78, 5) is 56.7. The van der Waals surface area contributed by atoms with Crippen molar-refractivity contribution in [1.82, 2.24) is 15.2 Å². The van der Waals surface area contributed by atoms with Crippen LogP contribution in [0.2, 0.25) is 0 Å². The molecule has 0 aromatic carbocycles. The molecule has 9 heteroatoms. The minimum atomic E-state index is -0.899. The molecule has 190 valence electrons. The van der Waals surface area contributed by atoms with Crippen LogP contribution in [-0.4, -0.2) is 52.9 Å². The molecule has 0 radical (unpaired) electrons. The number of ether oxygens (including phenoxy) is 1. The Morgan fingerprint density at radius 2 is 1.71 bits per heavy atom. The number of carbonyl (C=O) groups is 4. The zero-order chi connectivity index (χ0) is 24.8. The second kappa shape index (κ2) is 11.6. The summed E-state index contributed by atoms with van der Waals surface area (Å²) in [6, 6.07) is 1.08. The van der Waals surface area contributed by atoms with Crippen LogP contribution in [0.1, 0.15) is 87.4 Å². The average Bonchev–Trinajstić information content (AvgIpc) is 3.16. The van der Waals surface area contributed by atoms with E-state index in [4.69, 9.17) is 0 Å². The number of imide groups is 1. The van der Waals surface area contributed by atoms with Gasteiger partial charge in [-0.1, -0.05) is 64.2 Å². The number of nitrogens with one attached hydrogen (secondary N) is 2. The third-order valence-electron chi connectivity index (χ3n) is 7.68. The van der Waals surface area contributed by atoms with Crippen LogP contribution < -0.4 is 10.6 Å². The number of carbonyl (C=O) groups excluding carboxylic acids is 4. The standard InChI is InChI=1S/C26H36N4O5/c1-35-25(33)19-12-13-22(27-16-19)29-23(31)21(15-18-10-6-3-7-11-18)30-24(32)20(28-26(30)34)14-17-8-4-2-5-9-17/h12-13,16-18,20-21H,2-11,14-15H2,1H3,(H,28,34)(H,27,29,31)/t20?,21-/m0/s1. The maximum atomic E-state index is 13.4. The van der Waals surface area contributed by atoms with E-state index < -0.39 is 30.0 Å². The zero-order valence-electron chi connectivity index (χ0n) is 20.5. The number of amides is 4. The Balaban J connectivity index is 1.49. The lowest BCUT2D eigenvalue weighted by Gasteiger charge is -2.30. The van der Waals surface area contributed by atoms with Gasteiger partial charge in [-0.3, -0.25) is 9.59 Å². The van der Waals surface area contributed by atoms with Crippen LogP contribution in [0.5, 0.6) is 0 Å². The first-order valence-electron chi connectivity index (χ1n) is 12.9. The van der Waals surface area contributed by atoms with Crippen molar-refractivity contribution < 1.29 is 23.9 Å². The van der Waals surface area contributed by atoms with E-state index in [2.05, 4.69) is 20.4 Å². The summed E-state index contributed by atoms with van der Waals surface area (Å²) in [6.07, 6.45) is 13.5. The largest absolute Gasteiger partial charge is 0.465 e. The highest BCUT2D eigenvalue weighted by Gasteiger charge is 2.46. The van der Waals surface area contributed by atoms with E-state index in [0.29, 0.717) is 18.8 Å². The molecule has 1 aliphatic heterocycles. The lowest BCUT2D eigenvalue weighted by molar-refractivity contribution is -0.134. The van der Waals surface area contributed by atoms with Crippen molar-refractivity contribution >= 4 is 29.6 Å². The Hall–Kier alpha value is -2.97. The van der Waals surface area contributed by atoms with Crippen LogP contribution >= 0.6 is 0 Å².